The lowest BCUT2D eigenvalue weighted by Gasteiger charge is -2.29. The smallest absolute Gasteiger partial charge is 0.416 e. The molecule has 2 aromatic rings. The molecule has 2 aromatic carbocycles. The number of amides is 2. The number of benzene rings is 2. The van der Waals surface area contributed by atoms with Crippen LogP contribution in [0.3, 0.4) is 0 Å². The van der Waals surface area contributed by atoms with E-state index in [1.807, 2.05) is 45.0 Å². The summed E-state index contributed by atoms with van der Waals surface area (Å²) in [6.07, 6.45) is -4.34. The van der Waals surface area contributed by atoms with E-state index in [0.29, 0.717) is 23.4 Å². The molecule has 1 heterocycles. The van der Waals surface area contributed by atoms with Crippen LogP contribution >= 0.6 is 0 Å². The summed E-state index contributed by atoms with van der Waals surface area (Å²) in [5.74, 6) is 0.674. The van der Waals surface area contributed by atoms with Crippen LogP contribution in [-0.2, 0) is 17.6 Å². The molecule has 0 saturated carbocycles. The Morgan fingerprint density at radius 2 is 1.82 bits per heavy atom. The molecule has 0 aliphatic carbocycles. The average Bonchev–Trinajstić information content (AvgIpc) is 3.20. The number of rotatable bonds is 6. The number of nitrogens with one attached hydrogen (secondary N) is 1. The van der Waals surface area contributed by atoms with E-state index in [1.54, 1.807) is 7.11 Å². The number of ether oxygens (including phenoxy) is 1. The third kappa shape index (κ3) is 6.63. The van der Waals surface area contributed by atoms with Crippen LogP contribution in [0.15, 0.2) is 53.7 Å². The van der Waals surface area contributed by atoms with Gasteiger partial charge in [-0.25, -0.2) is 4.79 Å². The third-order valence-electron chi connectivity index (χ3n) is 5.00. The van der Waals surface area contributed by atoms with Gasteiger partial charge in [0.2, 0.25) is 0 Å². The van der Waals surface area contributed by atoms with Crippen molar-refractivity contribution in [1.29, 1.82) is 0 Å². The highest BCUT2D eigenvalue weighted by atomic mass is 19.4. The SMILES string of the molecule is COc1ccccc1C1=NOC(CN(Cc2ccc(C(F)(F)F)cc2)C(=O)NC(C)(C)C)C1. The lowest BCUT2D eigenvalue weighted by molar-refractivity contribution is -0.137. The summed E-state index contributed by atoms with van der Waals surface area (Å²) < 4.78 is 44.0. The summed E-state index contributed by atoms with van der Waals surface area (Å²) in [6.45, 7) is 5.91. The quantitative estimate of drug-likeness (QED) is 0.639. The van der Waals surface area contributed by atoms with E-state index in [2.05, 4.69) is 10.5 Å². The summed E-state index contributed by atoms with van der Waals surface area (Å²) in [6, 6.07) is 11.9. The second-order valence-electron chi connectivity index (χ2n) is 8.93. The maximum absolute atomic E-state index is 13.0. The Morgan fingerprint density at radius 3 is 2.42 bits per heavy atom. The number of oxime groups is 1. The van der Waals surface area contributed by atoms with Gasteiger partial charge in [-0.3, -0.25) is 0 Å². The van der Waals surface area contributed by atoms with Gasteiger partial charge in [-0.05, 0) is 50.6 Å². The van der Waals surface area contributed by atoms with Crippen LogP contribution in [0.1, 0.15) is 43.9 Å². The predicted octanol–water partition coefficient (Wildman–Crippen LogP) is 5.22. The van der Waals surface area contributed by atoms with E-state index in [1.165, 1.54) is 17.0 Å². The van der Waals surface area contributed by atoms with E-state index >= 15 is 0 Å². The summed E-state index contributed by atoms with van der Waals surface area (Å²) in [5.41, 5.74) is 0.895. The van der Waals surface area contributed by atoms with Crippen molar-refractivity contribution < 1.29 is 27.5 Å². The van der Waals surface area contributed by atoms with Crippen molar-refractivity contribution in [2.24, 2.45) is 5.16 Å². The van der Waals surface area contributed by atoms with Crippen molar-refractivity contribution in [2.75, 3.05) is 13.7 Å². The first-order valence-electron chi connectivity index (χ1n) is 10.6. The van der Waals surface area contributed by atoms with Crippen molar-refractivity contribution in [3.8, 4) is 5.75 Å². The molecular weight excluding hydrogens is 435 g/mol. The van der Waals surface area contributed by atoms with Crippen LogP contribution in [0, 0.1) is 0 Å². The molecule has 1 atom stereocenters. The van der Waals surface area contributed by atoms with E-state index in [4.69, 9.17) is 9.57 Å². The molecule has 1 aliphatic heterocycles. The van der Waals surface area contributed by atoms with E-state index in [-0.39, 0.29) is 19.1 Å². The van der Waals surface area contributed by atoms with Crippen LogP contribution in [0.4, 0.5) is 18.0 Å². The van der Waals surface area contributed by atoms with E-state index in [0.717, 1.165) is 17.7 Å². The molecule has 1 N–H and O–H groups in total. The van der Waals surface area contributed by atoms with Gasteiger partial charge in [0.05, 0.1) is 24.9 Å². The molecule has 0 spiro atoms. The van der Waals surface area contributed by atoms with E-state index < -0.39 is 23.4 Å². The number of carbonyl (C=O) groups is 1. The highest BCUT2D eigenvalue weighted by molar-refractivity contribution is 6.03. The van der Waals surface area contributed by atoms with Gasteiger partial charge >= 0.3 is 12.2 Å². The number of nitrogens with zero attached hydrogens (tertiary/aromatic N) is 2. The Hall–Kier alpha value is -3.23. The fourth-order valence-electron chi connectivity index (χ4n) is 3.45. The zero-order valence-corrected chi connectivity index (χ0v) is 19.1. The van der Waals surface area contributed by atoms with Crippen LogP contribution < -0.4 is 10.1 Å². The first kappa shape index (κ1) is 24.4. The van der Waals surface area contributed by atoms with Crippen LogP contribution in [0.2, 0.25) is 0 Å². The molecule has 1 unspecified atom stereocenters. The maximum Gasteiger partial charge on any atom is 0.416 e. The van der Waals surface area contributed by atoms with Gasteiger partial charge in [-0.1, -0.05) is 29.4 Å². The first-order chi connectivity index (χ1) is 15.5. The number of hydrogen-bond donors (Lipinski definition) is 1. The predicted molar refractivity (Wildman–Crippen MR) is 119 cm³/mol. The van der Waals surface area contributed by atoms with Crippen molar-refractivity contribution >= 4 is 11.7 Å². The molecule has 0 saturated heterocycles. The first-order valence-corrected chi connectivity index (χ1v) is 10.6. The fraction of sp³-hybridized carbons (Fsp3) is 0.417. The van der Waals surface area contributed by atoms with Crippen molar-refractivity contribution in [3.05, 3.63) is 65.2 Å². The standard InChI is InChI=1S/C24H28F3N3O3/c1-23(2,3)28-22(31)30(14-16-9-11-17(12-10-16)24(25,26)27)15-18-13-20(29-33-18)19-7-5-6-8-21(19)32-4/h5-12,18H,13-15H2,1-4H3,(H,28,31). The monoisotopic (exact) mass is 463 g/mol. The Bertz CT molecular complexity index is 998. The van der Waals surface area contributed by atoms with Gasteiger partial charge in [-0.15, -0.1) is 0 Å². The minimum Gasteiger partial charge on any atom is -0.496 e. The van der Waals surface area contributed by atoms with Crippen LogP contribution in [-0.4, -0.2) is 41.9 Å². The Morgan fingerprint density at radius 1 is 1.15 bits per heavy atom. The minimum atomic E-state index is -4.41. The molecule has 2 amide bonds. The Labute approximate surface area is 191 Å². The van der Waals surface area contributed by atoms with Gasteiger partial charge in [0, 0.05) is 24.1 Å². The number of para-hydroxylation sites is 1. The molecule has 1 aliphatic rings. The van der Waals surface area contributed by atoms with Gasteiger partial charge < -0.3 is 19.8 Å². The number of alkyl halides is 3. The molecule has 0 radical (unpaired) electrons. The largest absolute Gasteiger partial charge is 0.496 e. The third-order valence-corrected chi connectivity index (χ3v) is 5.00. The topological polar surface area (TPSA) is 63.2 Å². The van der Waals surface area contributed by atoms with Crippen molar-refractivity contribution in [3.63, 3.8) is 0 Å². The number of halogens is 3. The van der Waals surface area contributed by atoms with Gasteiger partial charge in [0.15, 0.2) is 6.10 Å². The molecule has 0 aromatic heterocycles. The fourth-order valence-corrected chi connectivity index (χ4v) is 3.45. The average molecular weight is 464 g/mol. The Balaban J connectivity index is 1.73. The normalized spacial score (nSPS) is 16.1. The second kappa shape index (κ2) is 9.72. The van der Waals surface area contributed by atoms with Crippen molar-refractivity contribution in [2.45, 2.75) is 51.6 Å². The van der Waals surface area contributed by atoms with Crippen LogP contribution in [0.25, 0.3) is 0 Å². The summed E-state index contributed by atoms with van der Waals surface area (Å²) >= 11 is 0. The van der Waals surface area contributed by atoms with Gasteiger partial charge in [-0.2, -0.15) is 13.2 Å². The zero-order valence-electron chi connectivity index (χ0n) is 19.1. The number of carbonyl (C=O) groups excluding carboxylic acids is 1. The zero-order chi connectivity index (χ0) is 24.2. The number of methoxy groups -OCH3 is 1. The summed E-state index contributed by atoms with van der Waals surface area (Å²) in [5, 5.41) is 7.09. The minimum absolute atomic E-state index is 0.129. The van der Waals surface area contributed by atoms with Gasteiger partial charge in [0.25, 0.3) is 0 Å². The molecule has 178 valence electrons. The highest BCUT2D eigenvalue weighted by Crippen LogP contribution is 2.29. The maximum atomic E-state index is 13.0. The lowest BCUT2D eigenvalue weighted by atomic mass is 10.0. The summed E-state index contributed by atoms with van der Waals surface area (Å²) in [4.78, 5) is 20.1. The molecule has 33 heavy (non-hydrogen) atoms. The molecule has 0 bridgehead atoms. The molecule has 9 heteroatoms. The van der Waals surface area contributed by atoms with Crippen LogP contribution in [0.5, 0.6) is 5.75 Å². The molecule has 3 rings (SSSR count). The molecule has 0 fully saturated rings. The van der Waals surface area contributed by atoms with E-state index in [9.17, 15) is 18.0 Å². The second-order valence-corrected chi connectivity index (χ2v) is 8.93. The number of urea groups is 1. The molecule has 6 nitrogen and oxygen atoms in total. The highest BCUT2D eigenvalue weighted by Gasteiger charge is 2.31. The molecular formula is C24H28F3N3O3. The lowest BCUT2D eigenvalue weighted by Crippen LogP contribution is -2.50. The van der Waals surface area contributed by atoms with Crippen molar-refractivity contribution in [1.82, 2.24) is 10.2 Å². The number of hydrogen-bond acceptors (Lipinski definition) is 4. The van der Waals surface area contributed by atoms with Gasteiger partial charge in [0.1, 0.15) is 5.75 Å². The summed E-state index contributed by atoms with van der Waals surface area (Å²) in [7, 11) is 1.58. The Kier molecular flexibility index (Phi) is 7.19.